The average Bonchev–Trinajstić information content (AvgIpc) is 2.49. The van der Waals surface area contributed by atoms with Crippen molar-refractivity contribution in [1.82, 2.24) is 4.90 Å². The SMILES string of the molecule is CCCCCC(CN)N1CCCOC(C)C1. The molecule has 1 aliphatic heterocycles. The van der Waals surface area contributed by atoms with Crippen molar-refractivity contribution in [3.05, 3.63) is 0 Å². The maximum atomic E-state index is 5.90. The Labute approximate surface area is 100 Å². The van der Waals surface area contributed by atoms with E-state index < -0.39 is 0 Å². The minimum absolute atomic E-state index is 0.364. The number of unbranched alkanes of at least 4 members (excludes halogenated alkanes) is 2. The first-order chi connectivity index (χ1) is 7.77. The molecule has 0 aromatic carbocycles. The van der Waals surface area contributed by atoms with Crippen LogP contribution in [0.4, 0.5) is 0 Å². The van der Waals surface area contributed by atoms with Crippen LogP contribution in [0.5, 0.6) is 0 Å². The quantitative estimate of drug-likeness (QED) is 0.707. The zero-order valence-electron chi connectivity index (χ0n) is 11.0. The molecule has 0 aliphatic carbocycles. The summed E-state index contributed by atoms with van der Waals surface area (Å²) in [6, 6.07) is 0.565. The molecule has 2 unspecified atom stereocenters. The lowest BCUT2D eigenvalue weighted by Gasteiger charge is -2.30. The van der Waals surface area contributed by atoms with Gasteiger partial charge in [-0.1, -0.05) is 26.2 Å². The van der Waals surface area contributed by atoms with Crippen LogP contribution < -0.4 is 5.73 Å². The van der Waals surface area contributed by atoms with Crippen molar-refractivity contribution in [3.8, 4) is 0 Å². The average molecular weight is 228 g/mol. The molecule has 0 spiro atoms. The fourth-order valence-corrected chi connectivity index (χ4v) is 2.44. The van der Waals surface area contributed by atoms with Crippen molar-refractivity contribution in [2.75, 3.05) is 26.2 Å². The van der Waals surface area contributed by atoms with Gasteiger partial charge in [0.05, 0.1) is 6.10 Å². The lowest BCUT2D eigenvalue weighted by molar-refractivity contribution is 0.0602. The van der Waals surface area contributed by atoms with Crippen LogP contribution in [-0.4, -0.2) is 43.3 Å². The van der Waals surface area contributed by atoms with Crippen LogP contribution in [0.15, 0.2) is 0 Å². The fourth-order valence-electron chi connectivity index (χ4n) is 2.44. The zero-order chi connectivity index (χ0) is 11.8. The van der Waals surface area contributed by atoms with E-state index in [9.17, 15) is 0 Å². The van der Waals surface area contributed by atoms with Crippen molar-refractivity contribution in [1.29, 1.82) is 0 Å². The summed E-state index contributed by atoms with van der Waals surface area (Å²) >= 11 is 0. The summed E-state index contributed by atoms with van der Waals surface area (Å²) in [5, 5.41) is 0. The smallest absolute Gasteiger partial charge is 0.0674 e. The van der Waals surface area contributed by atoms with E-state index in [2.05, 4.69) is 18.7 Å². The summed E-state index contributed by atoms with van der Waals surface area (Å²) in [5.41, 5.74) is 5.90. The predicted octanol–water partition coefficient (Wildman–Crippen LogP) is 2.00. The largest absolute Gasteiger partial charge is 0.377 e. The maximum Gasteiger partial charge on any atom is 0.0674 e. The van der Waals surface area contributed by atoms with Gasteiger partial charge in [-0.2, -0.15) is 0 Å². The molecule has 1 fully saturated rings. The van der Waals surface area contributed by atoms with Gasteiger partial charge < -0.3 is 10.5 Å². The lowest BCUT2D eigenvalue weighted by atomic mass is 10.1. The van der Waals surface area contributed by atoms with Crippen molar-refractivity contribution in [2.45, 2.75) is 58.1 Å². The molecule has 96 valence electrons. The van der Waals surface area contributed by atoms with Gasteiger partial charge >= 0.3 is 0 Å². The Morgan fingerprint density at radius 1 is 1.44 bits per heavy atom. The van der Waals surface area contributed by atoms with Crippen LogP contribution in [0.25, 0.3) is 0 Å². The van der Waals surface area contributed by atoms with Gasteiger partial charge in [0.1, 0.15) is 0 Å². The molecule has 0 bridgehead atoms. The molecule has 0 amide bonds. The van der Waals surface area contributed by atoms with Crippen molar-refractivity contribution < 1.29 is 4.74 Å². The van der Waals surface area contributed by atoms with E-state index in [1.54, 1.807) is 0 Å². The van der Waals surface area contributed by atoms with E-state index in [-0.39, 0.29) is 0 Å². The zero-order valence-corrected chi connectivity index (χ0v) is 11.0. The lowest BCUT2D eigenvalue weighted by Crippen LogP contribution is -2.43. The molecular formula is C13H28N2O. The standard InChI is InChI=1S/C13H28N2O/c1-3-4-5-7-13(10-14)15-8-6-9-16-12(2)11-15/h12-13H,3-11,14H2,1-2H3. The first-order valence-electron chi connectivity index (χ1n) is 6.83. The third-order valence-electron chi connectivity index (χ3n) is 3.41. The van der Waals surface area contributed by atoms with Gasteiger partial charge in [-0.15, -0.1) is 0 Å². The Hall–Kier alpha value is -0.120. The fraction of sp³-hybridized carbons (Fsp3) is 1.00. The Morgan fingerprint density at radius 3 is 2.94 bits per heavy atom. The molecule has 3 heteroatoms. The second-order valence-corrected chi connectivity index (χ2v) is 4.92. The minimum Gasteiger partial charge on any atom is -0.377 e. The van der Waals surface area contributed by atoms with E-state index in [4.69, 9.17) is 10.5 Å². The molecule has 0 saturated carbocycles. The molecule has 0 radical (unpaired) electrons. The molecule has 16 heavy (non-hydrogen) atoms. The van der Waals surface area contributed by atoms with Crippen molar-refractivity contribution >= 4 is 0 Å². The normalized spacial score (nSPS) is 25.3. The van der Waals surface area contributed by atoms with Gasteiger partial charge in [0.2, 0.25) is 0 Å². The molecule has 1 aliphatic rings. The van der Waals surface area contributed by atoms with E-state index in [0.29, 0.717) is 12.1 Å². The number of ether oxygens (including phenoxy) is 1. The van der Waals surface area contributed by atoms with Crippen LogP contribution in [0, 0.1) is 0 Å². The summed E-state index contributed by atoms with van der Waals surface area (Å²) in [7, 11) is 0. The van der Waals surface area contributed by atoms with Gasteiger partial charge in [0.15, 0.2) is 0 Å². The number of hydrogen-bond donors (Lipinski definition) is 1. The molecular weight excluding hydrogens is 200 g/mol. The Kier molecular flexibility index (Phi) is 7.01. The molecule has 2 atom stereocenters. The summed E-state index contributed by atoms with van der Waals surface area (Å²) in [5.74, 6) is 0. The topological polar surface area (TPSA) is 38.5 Å². The van der Waals surface area contributed by atoms with Gasteiger partial charge in [-0.05, 0) is 19.8 Å². The monoisotopic (exact) mass is 228 g/mol. The highest BCUT2D eigenvalue weighted by molar-refractivity contribution is 4.76. The molecule has 1 heterocycles. The first kappa shape index (κ1) is 13.9. The Bertz CT molecular complexity index is 175. The maximum absolute atomic E-state index is 5.90. The van der Waals surface area contributed by atoms with Crippen molar-refractivity contribution in [2.24, 2.45) is 5.73 Å². The molecule has 3 nitrogen and oxygen atoms in total. The van der Waals surface area contributed by atoms with Gasteiger partial charge in [-0.3, -0.25) is 4.90 Å². The highest BCUT2D eigenvalue weighted by Crippen LogP contribution is 2.13. The van der Waals surface area contributed by atoms with E-state index in [1.807, 2.05) is 0 Å². The predicted molar refractivity (Wildman–Crippen MR) is 68.6 cm³/mol. The minimum atomic E-state index is 0.364. The second-order valence-electron chi connectivity index (χ2n) is 4.92. The number of nitrogens with zero attached hydrogens (tertiary/aromatic N) is 1. The van der Waals surface area contributed by atoms with Gasteiger partial charge in [-0.25, -0.2) is 0 Å². The third-order valence-corrected chi connectivity index (χ3v) is 3.41. The molecule has 2 N–H and O–H groups in total. The van der Waals surface area contributed by atoms with Crippen LogP contribution in [-0.2, 0) is 4.74 Å². The van der Waals surface area contributed by atoms with E-state index in [1.165, 1.54) is 25.7 Å². The number of rotatable bonds is 6. The van der Waals surface area contributed by atoms with Gasteiger partial charge in [0.25, 0.3) is 0 Å². The summed E-state index contributed by atoms with van der Waals surface area (Å²) in [6.45, 7) is 8.31. The number of nitrogens with two attached hydrogens (primary N) is 1. The molecule has 1 rings (SSSR count). The first-order valence-corrected chi connectivity index (χ1v) is 6.83. The Morgan fingerprint density at radius 2 is 2.25 bits per heavy atom. The summed E-state index contributed by atoms with van der Waals surface area (Å²) < 4.78 is 5.67. The second kappa shape index (κ2) is 8.04. The van der Waals surface area contributed by atoms with Crippen LogP contribution in [0.1, 0.15) is 46.0 Å². The molecule has 0 aromatic heterocycles. The van der Waals surface area contributed by atoms with Crippen LogP contribution in [0.2, 0.25) is 0 Å². The summed E-state index contributed by atoms with van der Waals surface area (Å²) in [6.07, 6.45) is 6.69. The van der Waals surface area contributed by atoms with E-state index in [0.717, 1.165) is 32.7 Å². The van der Waals surface area contributed by atoms with E-state index >= 15 is 0 Å². The third kappa shape index (κ3) is 4.81. The van der Waals surface area contributed by atoms with Crippen LogP contribution in [0.3, 0.4) is 0 Å². The van der Waals surface area contributed by atoms with Crippen LogP contribution >= 0.6 is 0 Å². The molecule has 0 aromatic rings. The Balaban J connectivity index is 2.36. The van der Waals surface area contributed by atoms with Gasteiger partial charge in [0, 0.05) is 32.3 Å². The summed E-state index contributed by atoms with van der Waals surface area (Å²) in [4.78, 5) is 2.54. The molecule has 1 saturated heterocycles. The highest BCUT2D eigenvalue weighted by atomic mass is 16.5. The van der Waals surface area contributed by atoms with Crippen molar-refractivity contribution in [3.63, 3.8) is 0 Å². The number of hydrogen-bond acceptors (Lipinski definition) is 3. The highest BCUT2D eigenvalue weighted by Gasteiger charge is 2.21.